The minimum Gasteiger partial charge on any atom is -0.275 e. The summed E-state index contributed by atoms with van der Waals surface area (Å²) in [7, 11) is 0. The van der Waals surface area contributed by atoms with E-state index < -0.39 is 0 Å². The predicted octanol–water partition coefficient (Wildman–Crippen LogP) is 4.10. The van der Waals surface area contributed by atoms with Crippen molar-refractivity contribution in [1.29, 1.82) is 0 Å². The Morgan fingerprint density at radius 3 is 2.80 bits per heavy atom. The fourth-order valence-electron chi connectivity index (χ4n) is 2.34. The molecule has 0 spiro atoms. The van der Waals surface area contributed by atoms with Crippen molar-refractivity contribution < 1.29 is 0 Å². The zero-order chi connectivity index (χ0) is 17.6. The molecule has 0 atom stereocenters. The van der Waals surface area contributed by atoms with Crippen LogP contribution in [-0.2, 0) is 5.75 Å². The summed E-state index contributed by atoms with van der Waals surface area (Å²) in [6, 6.07) is 6.75. The largest absolute Gasteiger partial charge is 0.275 e. The molecule has 25 heavy (non-hydrogen) atoms. The zero-order valence-electron chi connectivity index (χ0n) is 12.4. The van der Waals surface area contributed by atoms with Crippen LogP contribution >= 0.6 is 50.9 Å². The average Bonchev–Trinajstić information content (AvgIpc) is 2.97. The second-order valence-corrected chi connectivity index (χ2v) is 7.83. The second-order valence-electron chi connectivity index (χ2n) is 5.13. The highest BCUT2D eigenvalue weighted by molar-refractivity contribution is 9.10. The molecule has 0 saturated carbocycles. The van der Waals surface area contributed by atoms with Gasteiger partial charge in [-0.15, -0.1) is 10.2 Å². The Morgan fingerprint density at radius 1 is 1.12 bits per heavy atom. The molecular formula is C15H8BrCl2N5OS. The first-order valence-electron chi connectivity index (χ1n) is 7.02. The molecule has 0 unspecified atom stereocenters. The van der Waals surface area contributed by atoms with Crippen molar-refractivity contribution in [3.05, 3.63) is 67.2 Å². The van der Waals surface area contributed by atoms with Gasteiger partial charge >= 0.3 is 0 Å². The fraction of sp³-hybridized carbons (Fsp3) is 0.0667. The standard InChI is InChI=1S/C15H8BrCl2N5OS/c16-8-1-2-12-19-10(4-13(24)22(12)5-8)7-25-15-21-20-14-11(18)3-9(17)6-23(14)15/h1-6H,7H2. The molecule has 0 saturated heterocycles. The molecule has 10 heteroatoms. The number of rotatable bonds is 3. The van der Waals surface area contributed by atoms with Crippen LogP contribution in [0, 0.1) is 0 Å². The van der Waals surface area contributed by atoms with E-state index in [1.54, 1.807) is 28.9 Å². The number of thioether (sulfide) groups is 1. The van der Waals surface area contributed by atoms with E-state index in [0.717, 1.165) is 4.47 Å². The van der Waals surface area contributed by atoms with Crippen LogP contribution in [0.1, 0.15) is 5.69 Å². The molecule has 4 aromatic heterocycles. The molecule has 0 aliphatic carbocycles. The van der Waals surface area contributed by atoms with Gasteiger partial charge in [0.2, 0.25) is 0 Å². The number of halogens is 3. The Morgan fingerprint density at radius 2 is 1.96 bits per heavy atom. The number of fused-ring (bicyclic) bond motifs is 2. The molecule has 4 aromatic rings. The first-order chi connectivity index (χ1) is 12.0. The number of nitrogens with zero attached hydrogens (tertiary/aromatic N) is 5. The minimum atomic E-state index is -0.140. The molecule has 0 amide bonds. The smallest absolute Gasteiger partial charge is 0.258 e. The lowest BCUT2D eigenvalue weighted by molar-refractivity contribution is 0.919. The minimum absolute atomic E-state index is 0.140. The number of pyridine rings is 2. The molecule has 0 bridgehead atoms. The highest BCUT2D eigenvalue weighted by Crippen LogP contribution is 2.26. The van der Waals surface area contributed by atoms with Crippen molar-refractivity contribution in [1.82, 2.24) is 24.0 Å². The Kier molecular flexibility index (Phi) is 4.45. The third kappa shape index (κ3) is 3.27. The van der Waals surface area contributed by atoms with Gasteiger partial charge in [0.05, 0.1) is 15.7 Å². The molecule has 126 valence electrons. The molecule has 0 radical (unpaired) electrons. The molecule has 4 rings (SSSR count). The van der Waals surface area contributed by atoms with Crippen molar-refractivity contribution in [2.45, 2.75) is 10.9 Å². The maximum absolute atomic E-state index is 12.2. The molecule has 0 fully saturated rings. The number of aromatic nitrogens is 5. The summed E-state index contributed by atoms with van der Waals surface area (Å²) >= 11 is 16.9. The van der Waals surface area contributed by atoms with Crippen LogP contribution in [0.25, 0.3) is 11.3 Å². The molecule has 0 N–H and O–H groups in total. The Labute approximate surface area is 163 Å². The van der Waals surface area contributed by atoms with Gasteiger partial charge < -0.3 is 0 Å². The third-order valence-electron chi connectivity index (χ3n) is 3.42. The van der Waals surface area contributed by atoms with E-state index in [2.05, 4.69) is 31.1 Å². The van der Waals surface area contributed by atoms with E-state index in [0.29, 0.717) is 37.9 Å². The van der Waals surface area contributed by atoms with Gasteiger partial charge in [0.1, 0.15) is 5.65 Å². The van der Waals surface area contributed by atoms with E-state index in [4.69, 9.17) is 23.2 Å². The lowest BCUT2D eigenvalue weighted by Crippen LogP contribution is -2.15. The average molecular weight is 457 g/mol. The van der Waals surface area contributed by atoms with Gasteiger partial charge in [0.25, 0.3) is 5.56 Å². The summed E-state index contributed by atoms with van der Waals surface area (Å²) in [5, 5.41) is 9.73. The van der Waals surface area contributed by atoms with Gasteiger partial charge in [0.15, 0.2) is 10.8 Å². The lowest BCUT2D eigenvalue weighted by Gasteiger charge is -2.04. The van der Waals surface area contributed by atoms with E-state index in [9.17, 15) is 4.79 Å². The normalized spacial score (nSPS) is 11.5. The van der Waals surface area contributed by atoms with Crippen LogP contribution in [-0.4, -0.2) is 24.0 Å². The summed E-state index contributed by atoms with van der Waals surface area (Å²) in [4.78, 5) is 16.7. The van der Waals surface area contributed by atoms with Crippen LogP contribution in [0.4, 0.5) is 0 Å². The third-order valence-corrected chi connectivity index (χ3v) is 5.35. The summed E-state index contributed by atoms with van der Waals surface area (Å²) in [5.74, 6) is 0.465. The summed E-state index contributed by atoms with van der Waals surface area (Å²) in [6.07, 6.45) is 3.39. The van der Waals surface area contributed by atoms with Gasteiger partial charge in [-0.25, -0.2) is 4.98 Å². The van der Waals surface area contributed by atoms with Crippen LogP contribution in [0.2, 0.25) is 10.0 Å². The van der Waals surface area contributed by atoms with Crippen molar-refractivity contribution in [2.75, 3.05) is 0 Å². The van der Waals surface area contributed by atoms with E-state index in [-0.39, 0.29) is 5.56 Å². The monoisotopic (exact) mass is 455 g/mol. The Bertz CT molecular complexity index is 1180. The zero-order valence-corrected chi connectivity index (χ0v) is 16.3. The summed E-state index contributed by atoms with van der Waals surface area (Å²) in [6.45, 7) is 0. The Balaban J connectivity index is 1.67. The first-order valence-corrected chi connectivity index (χ1v) is 9.55. The van der Waals surface area contributed by atoms with Gasteiger partial charge in [-0.1, -0.05) is 35.0 Å². The predicted molar refractivity (Wildman–Crippen MR) is 102 cm³/mol. The van der Waals surface area contributed by atoms with Gasteiger partial charge in [-0.2, -0.15) is 0 Å². The summed E-state index contributed by atoms with van der Waals surface area (Å²) < 4.78 is 4.03. The topological polar surface area (TPSA) is 64.6 Å². The van der Waals surface area contributed by atoms with Crippen LogP contribution < -0.4 is 5.56 Å². The quantitative estimate of drug-likeness (QED) is 0.434. The SMILES string of the molecule is O=c1cc(CSc2nnc3c(Cl)cc(Cl)cn23)nc2ccc(Br)cn12. The van der Waals surface area contributed by atoms with Crippen LogP contribution in [0.5, 0.6) is 0 Å². The maximum Gasteiger partial charge on any atom is 0.258 e. The van der Waals surface area contributed by atoms with E-state index in [1.807, 2.05) is 6.07 Å². The molecule has 0 aliphatic heterocycles. The van der Waals surface area contributed by atoms with Gasteiger partial charge in [-0.05, 0) is 34.1 Å². The highest BCUT2D eigenvalue weighted by atomic mass is 79.9. The van der Waals surface area contributed by atoms with Gasteiger partial charge in [-0.3, -0.25) is 13.6 Å². The Hall–Kier alpha value is -1.61. The van der Waals surface area contributed by atoms with E-state index >= 15 is 0 Å². The van der Waals surface area contributed by atoms with Crippen molar-refractivity contribution in [3.63, 3.8) is 0 Å². The van der Waals surface area contributed by atoms with Gasteiger partial charge in [0, 0.05) is 28.7 Å². The maximum atomic E-state index is 12.2. The van der Waals surface area contributed by atoms with Crippen molar-refractivity contribution in [2.24, 2.45) is 0 Å². The first kappa shape index (κ1) is 16.8. The second kappa shape index (κ2) is 6.60. The summed E-state index contributed by atoms with van der Waals surface area (Å²) in [5.41, 5.74) is 1.63. The lowest BCUT2D eigenvalue weighted by atomic mass is 10.4. The molecule has 0 aliphatic rings. The van der Waals surface area contributed by atoms with Crippen molar-refractivity contribution >= 4 is 62.2 Å². The van der Waals surface area contributed by atoms with Crippen LogP contribution in [0.15, 0.2) is 51.1 Å². The molecule has 0 aromatic carbocycles. The van der Waals surface area contributed by atoms with Crippen molar-refractivity contribution in [3.8, 4) is 0 Å². The number of hydrogen-bond donors (Lipinski definition) is 0. The highest BCUT2D eigenvalue weighted by Gasteiger charge is 2.11. The molecule has 4 heterocycles. The number of hydrogen-bond acceptors (Lipinski definition) is 5. The van der Waals surface area contributed by atoms with Crippen LogP contribution in [0.3, 0.4) is 0 Å². The fourth-order valence-corrected chi connectivity index (χ4v) is 3.99. The van der Waals surface area contributed by atoms with E-state index in [1.165, 1.54) is 22.2 Å². The molecule has 6 nitrogen and oxygen atoms in total. The molecular weight excluding hydrogens is 449 g/mol.